The molecule has 0 aromatic carbocycles. The van der Waals surface area contributed by atoms with Gasteiger partial charge in [-0.15, -0.1) is 0 Å². The van der Waals surface area contributed by atoms with Crippen LogP contribution in [0.1, 0.15) is 19.0 Å². The fourth-order valence-corrected chi connectivity index (χ4v) is 1.58. The lowest BCUT2D eigenvalue weighted by Crippen LogP contribution is -2.22. The molecule has 1 atom stereocenters. The maximum Gasteiger partial charge on any atom is 0.0664 e. The molecule has 3 heteroatoms. The largest absolute Gasteiger partial charge is 0.327 e. The van der Waals surface area contributed by atoms with Crippen molar-refractivity contribution in [1.82, 2.24) is 9.61 Å². The van der Waals surface area contributed by atoms with Crippen LogP contribution < -0.4 is 5.73 Å². The molecule has 2 aromatic heterocycles. The first kappa shape index (κ1) is 9.21. The van der Waals surface area contributed by atoms with E-state index < -0.39 is 0 Å². The zero-order valence-electron chi connectivity index (χ0n) is 8.35. The first-order chi connectivity index (χ1) is 6.81. The summed E-state index contributed by atoms with van der Waals surface area (Å²) < 4.78 is 1.95. The van der Waals surface area contributed by atoms with E-state index in [1.165, 1.54) is 5.69 Å². The molecule has 0 saturated heterocycles. The molecule has 0 fully saturated rings. The van der Waals surface area contributed by atoms with Gasteiger partial charge in [0.25, 0.3) is 0 Å². The summed E-state index contributed by atoms with van der Waals surface area (Å²) in [5.41, 5.74) is 8.24. The molecule has 0 saturated carbocycles. The van der Waals surface area contributed by atoms with Gasteiger partial charge in [0.15, 0.2) is 0 Å². The highest BCUT2D eigenvalue weighted by Crippen LogP contribution is 2.08. The SMILES string of the molecule is CCC(N)Cc1cccc2ccnn12. The Bertz CT molecular complexity index is 419. The Morgan fingerprint density at radius 1 is 1.43 bits per heavy atom. The Kier molecular flexibility index (Phi) is 2.50. The highest BCUT2D eigenvalue weighted by molar-refractivity contribution is 5.46. The molecule has 0 aliphatic carbocycles. The van der Waals surface area contributed by atoms with Crippen molar-refractivity contribution in [1.29, 1.82) is 0 Å². The second-order valence-corrected chi connectivity index (χ2v) is 3.56. The average molecular weight is 189 g/mol. The molecule has 0 radical (unpaired) electrons. The molecule has 0 bridgehead atoms. The van der Waals surface area contributed by atoms with Gasteiger partial charge in [-0.25, -0.2) is 4.52 Å². The molecule has 0 amide bonds. The molecule has 2 rings (SSSR count). The van der Waals surface area contributed by atoms with Gasteiger partial charge in [0.05, 0.1) is 5.52 Å². The van der Waals surface area contributed by atoms with E-state index in [4.69, 9.17) is 5.73 Å². The van der Waals surface area contributed by atoms with Crippen LogP contribution in [0.4, 0.5) is 0 Å². The quantitative estimate of drug-likeness (QED) is 0.797. The van der Waals surface area contributed by atoms with Crippen molar-refractivity contribution in [3.05, 3.63) is 36.2 Å². The minimum Gasteiger partial charge on any atom is -0.327 e. The van der Waals surface area contributed by atoms with Crippen molar-refractivity contribution in [2.24, 2.45) is 5.73 Å². The third kappa shape index (κ3) is 1.63. The summed E-state index contributed by atoms with van der Waals surface area (Å²) in [5.74, 6) is 0. The van der Waals surface area contributed by atoms with E-state index in [1.807, 2.05) is 22.8 Å². The summed E-state index contributed by atoms with van der Waals surface area (Å²) in [7, 11) is 0. The van der Waals surface area contributed by atoms with E-state index in [1.54, 1.807) is 0 Å². The highest BCUT2D eigenvalue weighted by Gasteiger charge is 2.05. The molecule has 2 aromatic rings. The van der Waals surface area contributed by atoms with Crippen LogP contribution in [0.2, 0.25) is 0 Å². The Labute approximate surface area is 83.5 Å². The fourth-order valence-electron chi connectivity index (χ4n) is 1.58. The van der Waals surface area contributed by atoms with Crippen molar-refractivity contribution in [3.8, 4) is 0 Å². The van der Waals surface area contributed by atoms with E-state index >= 15 is 0 Å². The molecular formula is C11H15N3. The summed E-state index contributed by atoms with van der Waals surface area (Å²) in [4.78, 5) is 0. The van der Waals surface area contributed by atoms with E-state index in [0.717, 1.165) is 18.4 Å². The van der Waals surface area contributed by atoms with Gasteiger partial charge in [0.2, 0.25) is 0 Å². The van der Waals surface area contributed by atoms with Crippen molar-refractivity contribution in [3.63, 3.8) is 0 Å². The van der Waals surface area contributed by atoms with Crippen LogP contribution >= 0.6 is 0 Å². The first-order valence-corrected chi connectivity index (χ1v) is 4.98. The molecule has 2 N–H and O–H groups in total. The lowest BCUT2D eigenvalue weighted by atomic mass is 10.1. The lowest BCUT2D eigenvalue weighted by molar-refractivity contribution is 0.624. The molecule has 2 heterocycles. The summed E-state index contributed by atoms with van der Waals surface area (Å²) in [6, 6.07) is 8.41. The minimum absolute atomic E-state index is 0.227. The lowest BCUT2D eigenvalue weighted by Gasteiger charge is -2.09. The fraction of sp³-hybridized carbons (Fsp3) is 0.364. The summed E-state index contributed by atoms with van der Waals surface area (Å²) in [6.07, 6.45) is 3.70. The number of nitrogens with two attached hydrogens (primary N) is 1. The number of fused-ring (bicyclic) bond motifs is 1. The Hall–Kier alpha value is -1.35. The van der Waals surface area contributed by atoms with E-state index in [0.29, 0.717) is 0 Å². The zero-order chi connectivity index (χ0) is 9.97. The van der Waals surface area contributed by atoms with Gasteiger partial charge in [-0.05, 0) is 24.6 Å². The monoisotopic (exact) mass is 189 g/mol. The van der Waals surface area contributed by atoms with Gasteiger partial charge in [-0.3, -0.25) is 0 Å². The predicted octanol–water partition coefficient (Wildman–Crippen LogP) is 1.61. The van der Waals surface area contributed by atoms with Crippen LogP contribution in [0.25, 0.3) is 5.52 Å². The second kappa shape index (κ2) is 3.80. The number of aromatic nitrogens is 2. The molecule has 0 aliphatic rings. The predicted molar refractivity (Wildman–Crippen MR) is 57.2 cm³/mol. The summed E-state index contributed by atoms with van der Waals surface area (Å²) in [5, 5.41) is 4.27. The Morgan fingerprint density at radius 2 is 2.29 bits per heavy atom. The van der Waals surface area contributed by atoms with Crippen LogP contribution in [0.3, 0.4) is 0 Å². The van der Waals surface area contributed by atoms with E-state index in [9.17, 15) is 0 Å². The van der Waals surface area contributed by atoms with Crippen molar-refractivity contribution in [2.75, 3.05) is 0 Å². The standard InChI is InChI=1S/C11H15N3/c1-2-9(12)8-11-5-3-4-10-6-7-13-14(10)11/h3-7,9H,2,8,12H2,1H3. The van der Waals surface area contributed by atoms with Gasteiger partial charge in [0.1, 0.15) is 0 Å². The minimum atomic E-state index is 0.227. The van der Waals surface area contributed by atoms with Crippen LogP contribution in [0.15, 0.2) is 30.5 Å². The van der Waals surface area contributed by atoms with Crippen LogP contribution in [0, 0.1) is 0 Å². The topological polar surface area (TPSA) is 43.3 Å². The third-order valence-corrected chi connectivity index (χ3v) is 2.50. The van der Waals surface area contributed by atoms with Crippen LogP contribution in [-0.2, 0) is 6.42 Å². The molecule has 0 spiro atoms. The molecule has 3 nitrogen and oxygen atoms in total. The number of rotatable bonds is 3. The highest BCUT2D eigenvalue weighted by atomic mass is 15.2. The second-order valence-electron chi connectivity index (χ2n) is 3.56. The number of hydrogen-bond acceptors (Lipinski definition) is 2. The van der Waals surface area contributed by atoms with Crippen LogP contribution in [0.5, 0.6) is 0 Å². The Morgan fingerprint density at radius 3 is 3.07 bits per heavy atom. The van der Waals surface area contributed by atoms with E-state index in [2.05, 4.69) is 24.2 Å². The normalized spacial score (nSPS) is 13.3. The van der Waals surface area contributed by atoms with Crippen molar-refractivity contribution < 1.29 is 0 Å². The number of pyridine rings is 1. The van der Waals surface area contributed by atoms with Gasteiger partial charge < -0.3 is 5.73 Å². The number of nitrogens with zero attached hydrogens (tertiary/aromatic N) is 2. The molecule has 14 heavy (non-hydrogen) atoms. The van der Waals surface area contributed by atoms with Gasteiger partial charge in [0, 0.05) is 24.4 Å². The smallest absolute Gasteiger partial charge is 0.0664 e. The molecular weight excluding hydrogens is 174 g/mol. The van der Waals surface area contributed by atoms with Gasteiger partial charge in [-0.1, -0.05) is 13.0 Å². The maximum atomic E-state index is 5.92. The average Bonchev–Trinajstić information content (AvgIpc) is 2.66. The maximum absolute atomic E-state index is 5.92. The summed E-state index contributed by atoms with van der Waals surface area (Å²) >= 11 is 0. The van der Waals surface area contributed by atoms with Gasteiger partial charge >= 0.3 is 0 Å². The third-order valence-electron chi connectivity index (χ3n) is 2.50. The molecule has 1 unspecified atom stereocenters. The molecule has 0 aliphatic heterocycles. The van der Waals surface area contributed by atoms with E-state index in [-0.39, 0.29) is 6.04 Å². The Balaban J connectivity index is 2.36. The van der Waals surface area contributed by atoms with Crippen LogP contribution in [-0.4, -0.2) is 15.7 Å². The number of hydrogen-bond donors (Lipinski definition) is 1. The first-order valence-electron chi connectivity index (χ1n) is 4.98. The zero-order valence-corrected chi connectivity index (χ0v) is 8.35. The van der Waals surface area contributed by atoms with Gasteiger partial charge in [-0.2, -0.15) is 5.10 Å². The summed E-state index contributed by atoms with van der Waals surface area (Å²) in [6.45, 7) is 2.11. The molecule has 74 valence electrons. The van der Waals surface area contributed by atoms with Crippen molar-refractivity contribution >= 4 is 5.52 Å². The van der Waals surface area contributed by atoms with Crippen molar-refractivity contribution in [2.45, 2.75) is 25.8 Å².